The van der Waals surface area contributed by atoms with Gasteiger partial charge in [0.05, 0.1) is 18.6 Å². The molecule has 0 saturated heterocycles. The Hall–Kier alpha value is -1.72. The lowest BCUT2D eigenvalue weighted by Gasteiger charge is -2.13. The largest absolute Gasteiger partial charge is 0.466 e. The Bertz CT molecular complexity index is 444. The number of rotatable bonds is 5. The molecule has 0 bridgehead atoms. The van der Waals surface area contributed by atoms with E-state index in [2.05, 4.69) is 5.32 Å². The first kappa shape index (κ1) is 15.3. The molecule has 0 unspecified atom stereocenters. The van der Waals surface area contributed by atoms with E-state index >= 15 is 0 Å². The zero-order chi connectivity index (χ0) is 14.5. The third kappa shape index (κ3) is 4.81. The summed E-state index contributed by atoms with van der Waals surface area (Å²) in [7, 11) is 0. The lowest BCUT2D eigenvalue weighted by molar-refractivity contribution is -0.142. The van der Waals surface area contributed by atoms with Gasteiger partial charge in [-0.1, -0.05) is 6.07 Å². The van der Waals surface area contributed by atoms with Crippen molar-refractivity contribution in [2.75, 3.05) is 18.5 Å². The molecule has 0 spiro atoms. The minimum absolute atomic E-state index is 0.115. The smallest absolute Gasteiger partial charge is 0.416 e. The summed E-state index contributed by atoms with van der Waals surface area (Å²) in [6.07, 6.45) is -4.26. The third-order valence-corrected chi connectivity index (χ3v) is 2.51. The van der Waals surface area contributed by atoms with Crippen molar-refractivity contribution < 1.29 is 22.7 Å². The predicted molar refractivity (Wildman–Crippen MR) is 65.9 cm³/mol. The van der Waals surface area contributed by atoms with Crippen molar-refractivity contribution in [2.45, 2.75) is 26.4 Å². The van der Waals surface area contributed by atoms with E-state index in [4.69, 9.17) is 4.74 Å². The van der Waals surface area contributed by atoms with Gasteiger partial charge in [0.1, 0.15) is 0 Å². The molecular formula is C13H16F3NO2. The highest BCUT2D eigenvalue weighted by Crippen LogP contribution is 2.31. The van der Waals surface area contributed by atoms with Gasteiger partial charge in [0.2, 0.25) is 0 Å². The minimum atomic E-state index is -4.37. The number of benzene rings is 1. The molecule has 0 atom stereocenters. The van der Waals surface area contributed by atoms with Gasteiger partial charge in [-0.05, 0) is 31.5 Å². The van der Waals surface area contributed by atoms with Crippen LogP contribution in [0.1, 0.15) is 24.5 Å². The van der Waals surface area contributed by atoms with Crippen LogP contribution < -0.4 is 5.32 Å². The topological polar surface area (TPSA) is 38.3 Å². The Balaban J connectivity index is 2.65. The molecule has 0 saturated carbocycles. The molecule has 0 radical (unpaired) electrons. The number of ether oxygens (including phenoxy) is 1. The van der Waals surface area contributed by atoms with E-state index in [-0.39, 0.29) is 18.9 Å². The van der Waals surface area contributed by atoms with Crippen LogP contribution in [0.25, 0.3) is 0 Å². The normalized spacial score (nSPS) is 11.2. The lowest BCUT2D eigenvalue weighted by Crippen LogP contribution is -2.13. The summed E-state index contributed by atoms with van der Waals surface area (Å²) in [5.41, 5.74) is 0.354. The fourth-order valence-corrected chi connectivity index (χ4v) is 1.52. The highest BCUT2D eigenvalue weighted by atomic mass is 19.4. The van der Waals surface area contributed by atoms with Crippen molar-refractivity contribution in [3.63, 3.8) is 0 Å². The Kier molecular flexibility index (Phi) is 5.20. The highest BCUT2D eigenvalue weighted by Gasteiger charge is 2.30. The van der Waals surface area contributed by atoms with E-state index in [9.17, 15) is 18.0 Å². The van der Waals surface area contributed by atoms with Crippen LogP contribution in [0.15, 0.2) is 18.2 Å². The molecule has 1 aromatic carbocycles. The quantitative estimate of drug-likeness (QED) is 0.837. The van der Waals surface area contributed by atoms with Crippen molar-refractivity contribution in [1.29, 1.82) is 0 Å². The minimum Gasteiger partial charge on any atom is -0.466 e. The number of hydrogen-bond acceptors (Lipinski definition) is 3. The number of esters is 1. The molecule has 1 N–H and O–H groups in total. The summed E-state index contributed by atoms with van der Waals surface area (Å²) in [5.74, 6) is -0.375. The number of halogens is 3. The lowest BCUT2D eigenvalue weighted by atomic mass is 10.1. The van der Waals surface area contributed by atoms with E-state index in [1.54, 1.807) is 13.8 Å². The molecule has 3 nitrogen and oxygen atoms in total. The van der Waals surface area contributed by atoms with Gasteiger partial charge in [-0.2, -0.15) is 13.2 Å². The maximum atomic E-state index is 12.5. The molecule has 6 heteroatoms. The van der Waals surface area contributed by atoms with Crippen LogP contribution in [-0.4, -0.2) is 19.1 Å². The Labute approximate surface area is 109 Å². The van der Waals surface area contributed by atoms with Gasteiger partial charge in [0, 0.05) is 12.2 Å². The van der Waals surface area contributed by atoms with Crippen LogP contribution >= 0.6 is 0 Å². The number of alkyl halides is 3. The number of nitrogens with one attached hydrogen (secondary N) is 1. The molecule has 0 aliphatic heterocycles. The predicted octanol–water partition coefficient (Wildman–Crippen LogP) is 3.38. The first-order valence-electron chi connectivity index (χ1n) is 5.92. The van der Waals surface area contributed by atoms with Crippen molar-refractivity contribution in [2.24, 2.45) is 0 Å². The number of carbonyl (C=O) groups is 1. The Morgan fingerprint density at radius 2 is 2.05 bits per heavy atom. The molecule has 0 aliphatic rings. The van der Waals surface area contributed by atoms with E-state index in [1.165, 1.54) is 6.07 Å². The third-order valence-electron chi connectivity index (χ3n) is 2.51. The first-order chi connectivity index (χ1) is 8.84. The first-order valence-corrected chi connectivity index (χ1v) is 5.92. The summed E-state index contributed by atoms with van der Waals surface area (Å²) in [6.45, 7) is 3.93. The summed E-state index contributed by atoms with van der Waals surface area (Å²) in [5, 5.41) is 2.81. The molecule has 0 heterocycles. The second-order valence-corrected chi connectivity index (χ2v) is 4.01. The standard InChI is InChI=1S/C13H16F3NO2/c1-3-19-12(18)6-7-17-11-8-10(13(14,15)16)5-4-9(11)2/h4-5,8,17H,3,6-7H2,1-2H3. The maximum absolute atomic E-state index is 12.5. The molecular weight excluding hydrogens is 259 g/mol. The highest BCUT2D eigenvalue weighted by molar-refractivity contribution is 5.70. The molecule has 0 amide bonds. The zero-order valence-corrected chi connectivity index (χ0v) is 10.8. The van der Waals surface area contributed by atoms with Crippen molar-refractivity contribution in [3.8, 4) is 0 Å². The van der Waals surface area contributed by atoms with Crippen LogP contribution in [0.4, 0.5) is 18.9 Å². The molecule has 0 aromatic heterocycles. The maximum Gasteiger partial charge on any atom is 0.416 e. The van der Waals surface area contributed by atoms with Gasteiger partial charge in [0.25, 0.3) is 0 Å². The zero-order valence-electron chi connectivity index (χ0n) is 10.8. The Morgan fingerprint density at radius 1 is 1.37 bits per heavy atom. The summed E-state index contributed by atoms with van der Waals surface area (Å²) < 4.78 is 42.4. The van der Waals surface area contributed by atoms with Crippen molar-refractivity contribution in [3.05, 3.63) is 29.3 Å². The van der Waals surface area contributed by atoms with Crippen LogP contribution in [-0.2, 0) is 15.7 Å². The molecule has 1 rings (SSSR count). The van der Waals surface area contributed by atoms with E-state index < -0.39 is 11.7 Å². The van der Waals surface area contributed by atoms with Crippen LogP contribution in [0.3, 0.4) is 0 Å². The summed E-state index contributed by atoms with van der Waals surface area (Å²) in [6, 6.07) is 3.47. The second-order valence-electron chi connectivity index (χ2n) is 4.01. The van der Waals surface area contributed by atoms with Gasteiger partial charge in [-0.25, -0.2) is 0 Å². The number of hydrogen-bond donors (Lipinski definition) is 1. The van der Waals surface area contributed by atoms with Gasteiger partial charge < -0.3 is 10.1 Å². The number of aryl methyl sites for hydroxylation is 1. The van der Waals surface area contributed by atoms with Crippen molar-refractivity contribution >= 4 is 11.7 Å². The molecule has 0 fully saturated rings. The van der Waals surface area contributed by atoms with Crippen LogP contribution in [0.2, 0.25) is 0 Å². The number of carbonyl (C=O) groups excluding carboxylic acids is 1. The van der Waals surface area contributed by atoms with Crippen molar-refractivity contribution in [1.82, 2.24) is 0 Å². The van der Waals surface area contributed by atoms with Gasteiger partial charge in [-0.3, -0.25) is 4.79 Å². The average molecular weight is 275 g/mol. The van der Waals surface area contributed by atoms with Gasteiger partial charge >= 0.3 is 12.1 Å². The molecule has 19 heavy (non-hydrogen) atoms. The van der Waals surface area contributed by atoms with Gasteiger partial charge in [-0.15, -0.1) is 0 Å². The van der Waals surface area contributed by atoms with E-state index in [0.29, 0.717) is 17.9 Å². The van der Waals surface area contributed by atoms with Crippen LogP contribution in [0.5, 0.6) is 0 Å². The fraction of sp³-hybridized carbons (Fsp3) is 0.462. The molecule has 0 aliphatic carbocycles. The van der Waals surface area contributed by atoms with E-state index in [1.807, 2.05) is 0 Å². The Morgan fingerprint density at radius 3 is 2.63 bits per heavy atom. The molecule has 106 valence electrons. The van der Waals surface area contributed by atoms with Gasteiger partial charge in [0.15, 0.2) is 0 Å². The molecule has 1 aromatic rings. The summed E-state index contributed by atoms with van der Waals surface area (Å²) >= 11 is 0. The number of anilines is 1. The second kappa shape index (κ2) is 6.45. The van der Waals surface area contributed by atoms with Crippen LogP contribution in [0, 0.1) is 6.92 Å². The monoisotopic (exact) mass is 275 g/mol. The SMILES string of the molecule is CCOC(=O)CCNc1cc(C(F)(F)F)ccc1C. The summed E-state index contributed by atoms with van der Waals surface area (Å²) in [4.78, 5) is 11.1. The average Bonchev–Trinajstić information content (AvgIpc) is 2.30. The fourth-order valence-electron chi connectivity index (χ4n) is 1.52. The van der Waals surface area contributed by atoms with E-state index in [0.717, 1.165) is 12.1 Å².